The molecule has 1 amide bonds. The van der Waals surface area contributed by atoms with Gasteiger partial charge in [0.1, 0.15) is 0 Å². The lowest BCUT2D eigenvalue weighted by molar-refractivity contribution is -0.902. The molecule has 124 valence electrons. The normalized spacial score (nSPS) is 27.0. The van der Waals surface area contributed by atoms with Gasteiger partial charge >= 0.3 is 0 Å². The average Bonchev–Trinajstić information content (AvgIpc) is 2.55. The summed E-state index contributed by atoms with van der Waals surface area (Å²) in [5.41, 5.74) is 0.495. The molecule has 1 aromatic carbocycles. The molecular formula is C17H24N3O3+. The van der Waals surface area contributed by atoms with Gasteiger partial charge in [-0.1, -0.05) is 18.9 Å². The summed E-state index contributed by atoms with van der Waals surface area (Å²) in [5.74, 6) is 1.58. The summed E-state index contributed by atoms with van der Waals surface area (Å²) >= 11 is 0. The molecule has 0 radical (unpaired) electrons. The van der Waals surface area contributed by atoms with E-state index in [0.29, 0.717) is 12.2 Å². The van der Waals surface area contributed by atoms with Crippen molar-refractivity contribution in [3.63, 3.8) is 0 Å². The van der Waals surface area contributed by atoms with Crippen LogP contribution in [-0.2, 0) is 4.79 Å². The van der Waals surface area contributed by atoms with Gasteiger partial charge in [-0.2, -0.15) is 0 Å². The number of nitro benzene ring substituents is 1. The van der Waals surface area contributed by atoms with E-state index >= 15 is 0 Å². The molecule has 3 rings (SSSR count). The number of non-ortho nitro benzene ring substituents is 1. The number of nitro groups is 1. The minimum absolute atomic E-state index is 0.00170. The summed E-state index contributed by atoms with van der Waals surface area (Å²) in [6.45, 7) is 2.60. The molecule has 0 aromatic heterocycles. The van der Waals surface area contributed by atoms with Gasteiger partial charge in [0, 0.05) is 23.7 Å². The van der Waals surface area contributed by atoms with Crippen LogP contribution in [-0.4, -0.2) is 30.5 Å². The zero-order valence-corrected chi connectivity index (χ0v) is 13.3. The first-order chi connectivity index (χ1) is 11.1. The van der Waals surface area contributed by atoms with Gasteiger partial charge in [-0.3, -0.25) is 14.9 Å². The van der Waals surface area contributed by atoms with Gasteiger partial charge in [-0.15, -0.1) is 0 Å². The van der Waals surface area contributed by atoms with Gasteiger partial charge in [0.25, 0.3) is 11.6 Å². The minimum Gasteiger partial charge on any atom is -0.327 e. The zero-order chi connectivity index (χ0) is 16.2. The number of hydrogen-bond donors (Lipinski definition) is 2. The molecule has 1 aliphatic carbocycles. The van der Waals surface area contributed by atoms with E-state index in [0.717, 1.165) is 24.9 Å². The van der Waals surface area contributed by atoms with Gasteiger partial charge in [-0.25, -0.2) is 0 Å². The number of hydrogen-bond acceptors (Lipinski definition) is 3. The average molecular weight is 318 g/mol. The Hall–Kier alpha value is -1.95. The van der Waals surface area contributed by atoms with Crippen molar-refractivity contribution in [1.82, 2.24) is 0 Å². The molecule has 1 saturated heterocycles. The number of piperidine rings is 1. The van der Waals surface area contributed by atoms with Crippen LogP contribution in [0.1, 0.15) is 32.1 Å². The number of carbonyl (C=O) groups is 1. The Labute approximate surface area is 136 Å². The van der Waals surface area contributed by atoms with Crippen molar-refractivity contribution >= 4 is 17.3 Å². The van der Waals surface area contributed by atoms with Gasteiger partial charge < -0.3 is 10.2 Å². The summed E-state index contributed by atoms with van der Waals surface area (Å²) < 4.78 is 0. The van der Waals surface area contributed by atoms with Crippen LogP contribution < -0.4 is 10.2 Å². The number of nitrogens with one attached hydrogen (secondary N) is 2. The van der Waals surface area contributed by atoms with E-state index in [9.17, 15) is 14.9 Å². The van der Waals surface area contributed by atoms with Crippen LogP contribution in [0.3, 0.4) is 0 Å². The Balaban J connectivity index is 1.53. The molecule has 3 atom stereocenters. The van der Waals surface area contributed by atoms with Crippen LogP contribution in [0.2, 0.25) is 0 Å². The number of amides is 1. The number of quaternary nitrogens is 1. The third-order valence-electron chi connectivity index (χ3n) is 5.24. The second kappa shape index (κ2) is 7.08. The molecule has 1 saturated carbocycles. The van der Waals surface area contributed by atoms with E-state index in [1.54, 1.807) is 12.1 Å². The molecule has 1 heterocycles. The van der Waals surface area contributed by atoms with Crippen molar-refractivity contribution in [3.8, 4) is 0 Å². The summed E-state index contributed by atoms with van der Waals surface area (Å²) in [7, 11) is 0. The smallest absolute Gasteiger partial charge is 0.279 e. The summed E-state index contributed by atoms with van der Waals surface area (Å²) in [6.07, 6.45) is 6.58. The fraction of sp³-hybridized carbons (Fsp3) is 0.588. The van der Waals surface area contributed by atoms with Crippen LogP contribution in [0.15, 0.2) is 24.3 Å². The maximum Gasteiger partial charge on any atom is 0.279 e. The van der Waals surface area contributed by atoms with E-state index in [4.69, 9.17) is 0 Å². The van der Waals surface area contributed by atoms with Crippen LogP contribution in [0, 0.1) is 22.0 Å². The molecule has 6 nitrogen and oxygen atoms in total. The highest BCUT2D eigenvalue weighted by Gasteiger charge is 2.34. The predicted molar refractivity (Wildman–Crippen MR) is 87.4 cm³/mol. The lowest BCUT2D eigenvalue weighted by Gasteiger charge is -2.38. The molecule has 2 fully saturated rings. The van der Waals surface area contributed by atoms with Crippen LogP contribution in [0.25, 0.3) is 0 Å². The maximum absolute atomic E-state index is 12.2. The topological polar surface area (TPSA) is 76.7 Å². The lowest BCUT2D eigenvalue weighted by atomic mass is 9.75. The maximum atomic E-state index is 12.2. The number of nitrogens with zero attached hydrogens (tertiary/aromatic N) is 1. The fourth-order valence-electron chi connectivity index (χ4n) is 4.09. The first-order valence-corrected chi connectivity index (χ1v) is 8.49. The van der Waals surface area contributed by atoms with Crippen molar-refractivity contribution in [1.29, 1.82) is 0 Å². The SMILES string of the molecule is O=C(C[NH+]1CC[C@H]2CCCC[C@@H]2C1)Nc1cccc([N+](=O)[O-])c1. The van der Waals surface area contributed by atoms with E-state index in [1.807, 2.05) is 0 Å². The van der Waals surface area contributed by atoms with Crippen molar-refractivity contribution in [3.05, 3.63) is 34.4 Å². The Morgan fingerprint density at radius 2 is 2.04 bits per heavy atom. The van der Waals surface area contributed by atoms with Gasteiger partial charge in [0.2, 0.25) is 0 Å². The molecule has 2 aliphatic rings. The van der Waals surface area contributed by atoms with Crippen LogP contribution in [0.4, 0.5) is 11.4 Å². The first-order valence-electron chi connectivity index (χ1n) is 8.49. The number of rotatable bonds is 4. The van der Waals surface area contributed by atoms with Gasteiger partial charge in [0.15, 0.2) is 6.54 Å². The third-order valence-corrected chi connectivity index (χ3v) is 5.24. The molecule has 6 heteroatoms. The molecule has 1 aliphatic heterocycles. The Bertz CT molecular complexity index is 590. The highest BCUT2D eigenvalue weighted by atomic mass is 16.6. The summed E-state index contributed by atoms with van der Waals surface area (Å²) in [5, 5.41) is 13.6. The summed E-state index contributed by atoms with van der Waals surface area (Å²) in [6, 6.07) is 6.11. The monoisotopic (exact) mass is 318 g/mol. The number of anilines is 1. The van der Waals surface area contributed by atoms with Gasteiger partial charge in [0.05, 0.1) is 18.0 Å². The predicted octanol–water partition coefficient (Wildman–Crippen LogP) is 1.63. The zero-order valence-electron chi connectivity index (χ0n) is 13.3. The molecule has 0 spiro atoms. The highest BCUT2D eigenvalue weighted by Crippen LogP contribution is 2.32. The van der Waals surface area contributed by atoms with Crippen molar-refractivity contribution in [2.75, 3.05) is 25.0 Å². The van der Waals surface area contributed by atoms with Crippen molar-refractivity contribution in [2.24, 2.45) is 11.8 Å². The number of benzene rings is 1. The molecule has 1 unspecified atom stereocenters. The number of carbonyl (C=O) groups excluding carboxylic acids is 1. The molecular weight excluding hydrogens is 294 g/mol. The van der Waals surface area contributed by atoms with E-state index in [1.165, 1.54) is 49.1 Å². The van der Waals surface area contributed by atoms with E-state index in [2.05, 4.69) is 5.32 Å². The largest absolute Gasteiger partial charge is 0.327 e. The molecule has 1 aromatic rings. The van der Waals surface area contributed by atoms with Gasteiger partial charge in [-0.05, 0) is 31.2 Å². The van der Waals surface area contributed by atoms with E-state index in [-0.39, 0.29) is 11.6 Å². The first kappa shape index (κ1) is 15.9. The number of fused-ring (bicyclic) bond motifs is 1. The van der Waals surface area contributed by atoms with Crippen molar-refractivity contribution in [2.45, 2.75) is 32.1 Å². The summed E-state index contributed by atoms with van der Waals surface area (Å²) in [4.78, 5) is 23.9. The quantitative estimate of drug-likeness (QED) is 0.654. The fourth-order valence-corrected chi connectivity index (χ4v) is 4.09. The third kappa shape index (κ3) is 4.07. The second-order valence-electron chi connectivity index (χ2n) is 6.83. The Morgan fingerprint density at radius 3 is 2.83 bits per heavy atom. The van der Waals surface area contributed by atoms with E-state index < -0.39 is 4.92 Å². The second-order valence-corrected chi connectivity index (χ2v) is 6.83. The van der Waals surface area contributed by atoms with Crippen molar-refractivity contribution < 1.29 is 14.6 Å². The standard InChI is InChI=1S/C17H23N3O3/c21-17(18-15-6-3-7-16(10-15)20(22)23)12-19-9-8-13-4-1-2-5-14(13)11-19/h3,6-7,10,13-14H,1-2,4-5,8-9,11-12H2,(H,18,21)/p+1/t13-,14-/m1/s1. The molecule has 0 bridgehead atoms. The van der Waals surface area contributed by atoms with Crippen LogP contribution >= 0.6 is 0 Å². The molecule has 23 heavy (non-hydrogen) atoms. The lowest BCUT2D eigenvalue weighted by Crippen LogP contribution is -3.15. The molecule has 2 N–H and O–H groups in total. The Kier molecular flexibility index (Phi) is 4.91. The Morgan fingerprint density at radius 1 is 1.26 bits per heavy atom. The minimum atomic E-state index is -0.450. The number of likely N-dealkylation sites (tertiary alicyclic amines) is 1. The van der Waals surface area contributed by atoms with Crippen LogP contribution in [0.5, 0.6) is 0 Å². The highest BCUT2D eigenvalue weighted by molar-refractivity contribution is 5.91.